The topological polar surface area (TPSA) is 55.3 Å². The number of hydrogen-bond acceptors (Lipinski definition) is 6. The lowest BCUT2D eigenvalue weighted by atomic mass is 10.1. The number of likely N-dealkylation sites (N-methyl/N-ethyl adjacent to an activating group) is 2. The summed E-state index contributed by atoms with van der Waals surface area (Å²) in [7, 11) is 4.21. The van der Waals surface area contributed by atoms with Gasteiger partial charge in [0, 0.05) is 49.7 Å². The van der Waals surface area contributed by atoms with Crippen molar-refractivity contribution in [3.63, 3.8) is 0 Å². The number of benzene rings is 2. The summed E-state index contributed by atoms with van der Waals surface area (Å²) in [6, 6.07) is 16.7. The molecule has 2 aromatic carbocycles. The molecule has 0 saturated heterocycles. The van der Waals surface area contributed by atoms with Gasteiger partial charge in [-0.1, -0.05) is 24.3 Å². The minimum absolute atomic E-state index is 0.751. The molecule has 26 heavy (non-hydrogen) atoms. The van der Waals surface area contributed by atoms with Crippen LogP contribution in [-0.2, 0) is 0 Å². The molecule has 0 saturated carbocycles. The quantitative estimate of drug-likeness (QED) is 0.714. The average Bonchev–Trinajstić information content (AvgIpc) is 2.93. The number of benzodiazepines with no additional fused rings is 2. The Bertz CT molecular complexity index is 785. The third kappa shape index (κ3) is 3.10. The van der Waals surface area contributed by atoms with Crippen molar-refractivity contribution in [1.29, 1.82) is 0 Å². The van der Waals surface area contributed by atoms with Gasteiger partial charge in [0.2, 0.25) is 0 Å². The highest BCUT2D eigenvalue weighted by Crippen LogP contribution is 2.22. The van der Waals surface area contributed by atoms with Crippen LogP contribution in [0.1, 0.15) is 11.1 Å². The highest BCUT2D eigenvalue weighted by molar-refractivity contribution is 6.08. The Labute approximate surface area is 154 Å². The molecule has 4 rings (SSSR count). The SMILES string of the molecule is CN1CCN=C(NNC2=NCCN(C)c3ccccc32)c2ccccc21. The molecule has 2 aliphatic rings. The molecule has 6 nitrogen and oxygen atoms in total. The zero-order chi connectivity index (χ0) is 17.9. The Hall–Kier alpha value is -3.02. The highest BCUT2D eigenvalue weighted by atomic mass is 15.4. The van der Waals surface area contributed by atoms with Gasteiger partial charge < -0.3 is 9.80 Å². The second kappa shape index (κ2) is 7.07. The lowest BCUT2D eigenvalue weighted by molar-refractivity contribution is 0.838. The predicted octanol–water partition coefficient (Wildman–Crippen LogP) is 1.87. The van der Waals surface area contributed by atoms with Gasteiger partial charge in [0.25, 0.3) is 0 Å². The monoisotopic (exact) mass is 348 g/mol. The normalized spacial score (nSPS) is 16.5. The number of para-hydroxylation sites is 2. The van der Waals surface area contributed by atoms with Crippen molar-refractivity contribution in [1.82, 2.24) is 10.9 Å². The van der Waals surface area contributed by atoms with E-state index in [1.807, 2.05) is 12.1 Å². The van der Waals surface area contributed by atoms with Gasteiger partial charge in [-0.2, -0.15) is 0 Å². The standard InChI is InChI=1S/C20H24N6/c1-25-13-11-21-19(15-7-3-5-9-17(15)25)23-24-20-16-8-4-6-10-18(16)26(2)14-12-22-20/h3-10H,11-14H2,1-2H3,(H,21,23)(H,22,24). The number of rotatable bonds is 0. The van der Waals surface area contributed by atoms with Crippen LogP contribution in [0.4, 0.5) is 11.4 Å². The van der Waals surface area contributed by atoms with E-state index in [1.165, 1.54) is 11.4 Å². The van der Waals surface area contributed by atoms with Crippen molar-refractivity contribution in [3.05, 3.63) is 59.7 Å². The number of amidine groups is 2. The van der Waals surface area contributed by atoms with Crippen molar-refractivity contribution in [2.24, 2.45) is 9.98 Å². The van der Waals surface area contributed by atoms with E-state index in [0.29, 0.717) is 0 Å². The van der Waals surface area contributed by atoms with Crippen LogP contribution in [0.15, 0.2) is 58.5 Å². The maximum Gasteiger partial charge on any atom is 0.149 e. The first kappa shape index (κ1) is 16.4. The van der Waals surface area contributed by atoms with Crippen LogP contribution in [0.25, 0.3) is 0 Å². The first-order valence-electron chi connectivity index (χ1n) is 8.96. The van der Waals surface area contributed by atoms with E-state index in [0.717, 1.165) is 49.0 Å². The van der Waals surface area contributed by atoms with Gasteiger partial charge in [-0.25, -0.2) is 0 Å². The van der Waals surface area contributed by atoms with Gasteiger partial charge in [-0.3, -0.25) is 20.8 Å². The number of hydrogen-bond donors (Lipinski definition) is 2. The molecule has 0 aliphatic carbocycles. The van der Waals surface area contributed by atoms with Crippen LogP contribution in [0.3, 0.4) is 0 Å². The first-order chi connectivity index (χ1) is 12.7. The van der Waals surface area contributed by atoms with Gasteiger partial charge >= 0.3 is 0 Å². The lowest BCUT2D eigenvalue weighted by Gasteiger charge is -2.21. The van der Waals surface area contributed by atoms with Crippen LogP contribution in [0, 0.1) is 0 Å². The summed E-state index contributed by atoms with van der Waals surface area (Å²) in [5.41, 5.74) is 11.2. The third-order valence-electron chi connectivity index (χ3n) is 4.85. The smallest absolute Gasteiger partial charge is 0.149 e. The fourth-order valence-electron chi connectivity index (χ4n) is 3.38. The van der Waals surface area contributed by atoms with Gasteiger partial charge in [-0.15, -0.1) is 0 Å². The minimum Gasteiger partial charge on any atom is -0.372 e. The fourth-order valence-corrected chi connectivity index (χ4v) is 3.38. The van der Waals surface area contributed by atoms with Crippen molar-refractivity contribution in [2.75, 3.05) is 50.1 Å². The van der Waals surface area contributed by atoms with E-state index in [4.69, 9.17) is 9.98 Å². The van der Waals surface area contributed by atoms with E-state index in [9.17, 15) is 0 Å². The largest absolute Gasteiger partial charge is 0.372 e. The average molecular weight is 348 g/mol. The molecule has 134 valence electrons. The number of nitrogens with one attached hydrogen (secondary N) is 2. The molecule has 0 bridgehead atoms. The lowest BCUT2D eigenvalue weighted by Crippen LogP contribution is -2.43. The van der Waals surface area contributed by atoms with Crippen LogP contribution in [0.2, 0.25) is 0 Å². The second-order valence-electron chi connectivity index (χ2n) is 6.59. The van der Waals surface area contributed by atoms with Crippen LogP contribution < -0.4 is 20.7 Å². The molecular formula is C20H24N6. The van der Waals surface area contributed by atoms with Crippen LogP contribution >= 0.6 is 0 Å². The van der Waals surface area contributed by atoms with E-state index < -0.39 is 0 Å². The molecule has 0 unspecified atom stereocenters. The van der Waals surface area contributed by atoms with Gasteiger partial charge in [0.05, 0.1) is 13.1 Å². The zero-order valence-electron chi connectivity index (χ0n) is 15.2. The zero-order valence-corrected chi connectivity index (χ0v) is 15.2. The van der Waals surface area contributed by atoms with Gasteiger partial charge in [-0.05, 0) is 24.3 Å². The molecule has 0 spiro atoms. The molecule has 0 aromatic heterocycles. The van der Waals surface area contributed by atoms with Crippen molar-refractivity contribution >= 4 is 23.0 Å². The molecule has 0 amide bonds. The summed E-state index contributed by atoms with van der Waals surface area (Å²) in [6.07, 6.45) is 0. The Morgan fingerprint density at radius 3 is 1.58 bits per heavy atom. The van der Waals surface area contributed by atoms with E-state index in [-0.39, 0.29) is 0 Å². The van der Waals surface area contributed by atoms with E-state index in [2.05, 4.69) is 71.1 Å². The Balaban J connectivity index is 1.60. The summed E-state index contributed by atoms with van der Waals surface area (Å²) in [4.78, 5) is 13.9. The number of nitrogens with zero attached hydrogens (tertiary/aromatic N) is 4. The molecule has 0 radical (unpaired) electrons. The molecule has 2 aromatic rings. The molecule has 0 fully saturated rings. The second-order valence-corrected chi connectivity index (χ2v) is 6.59. The summed E-state index contributed by atoms with van der Waals surface area (Å²) in [6.45, 7) is 3.30. The third-order valence-corrected chi connectivity index (χ3v) is 4.85. The summed E-state index contributed by atoms with van der Waals surface area (Å²) in [5, 5.41) is 0. The molecule has 6 heteroatoms. The highest BCUT2D eigenvalue weighted by Gasteiger charge is 2.18. The summed E-state index contributed by atoms with van der Waals surface area (Å²) >= 11 is 0. The molecular weight excluding hydrogens is 324 g/mol. The Morgan fingerprint density at radius 2 is 1.12 bits per heavy atom. The minimum atomic E-state index is 0.751. The first-order valence-corrected chi connectivity index (χ1v) is 8.96. The maximum atomic E-state index is 4.73. The Morgan fingerprint density at radius 1 is 0.692 bits per heavy atom. The van der Waals surface area contributed by atoms with Crippen molar-refractivity contribution in [3.8, 4) is 0 Å². The molecule has 2 aliphatic heterocycles. The number of hydrazine groups is 1. The van der Waals surface area contributed by atoms with E-state index in [1.54, 1.807) is 0 Å². The molecule has 2 N–H and O–H groups in total. The number of aliphatic imine (C=N–C) groups is 2. The molecule has 2 heterocycles. The van der Waals surface area contributed by atoms with Crippen LogP contribution in [-0.4, -0.2) is 51.9 Å². The van der Waals surface area contributed by atoms with Crippen molar-refractivity contribution < 1.29 is 0 Å². The fraction of sp³-hybridized carbons (Fsp3) is 0.300. The predicted molar refractivity (Wildman–Crippen MR) is 109 cm³/mol. The van der Waals surface area contributed by atoms with Gasteiger partial charge in [0.15, 0.2) is 0 Å². The van der Waals surface area contributed by atoms with Crippen molar-refractivity contribution in [2.45, 2.75) is 0 Å². The molecule has 0 atom stereocenters. The Kier molecular flexibility index (Phi) is 4.48. The van der Waals surface area contributed by atoms with Crippen LogP contribution in [0.5, 0.6) is 0 Å². The number of anilines is 2. The number of fused-ring (bicyclic) bond motifs is 2. The summed E-state index contributed by atoms with van der Waals surface area (Å²) < 4.78 is 0. The maximum absolute atomic E-state index is 4.73. The van der Waals surface area contributed by atoms with Gasteiger partial charge in [0.1, 0.15) is 11.7 Å². The summed E-state index contributed by atoms with van der Waals surface area (Å²) in [5.74, 6) is 1.70. The van der Waals surface area contributed by atoms with E-state index >= 15 is 0 Å².